The van der Waals surface area contributed by atoms with Crippen molar-refractivity contribution in [2.24, 2.45) is 0 Å². The maximum absolute atomic E-state index is 12.6. The lowest BCUT2D eigenvalue weighted by Gasteiger charge is -2.43. The van der Waals surface area contributed by atoms with Crippen LogP contribution in [-0.2, 0) is 5.41 Å². The minimum Gasteiger partial charge on any atom is -0.496 e. The van der Waals surface area contributed by atoms with Gasteiger partial charge in [-0.15, -0.1) is 0 Å². The molecule has 1 saturated carbocycles. The summed E-state index contributed by atoms with van der Waals surface area (Å²) in [5, 5.41) is 8.20. The normalized spacial score (nSPS) is 15.0. The van der Waals surface area contributed by atoms with Gasteiger partial charge in [0.2, 0.25) is 5.95 Å². The number of aromatic nitrogens is 4. The van der Waals surface area contributed by atoms with Crippen LogP contribution in [0.4, 0.5) is 5.95 Å². The Kier molecular flexibility index (Phi) is 4.50. The molecule has 0 unspecified atom stereocenters. The van der Waals surface area contributed by atoms with E-state index in [4.69, 9.17) is 4.74 Å². The smallest absolute Gasteiger partial charge is 0.263 e. The summed E-state index contributed by atoms with van der Waals surface area (Å²) in [6, 6.07) is 17.8. The van der Waals surface area contributed by atoms with Crippen molar-refractivity contribution in [3.8, 4) is 11.4 Å². The Morgan fingerprint density at radius 1 is 1.13 bits per heavy atom. The topological polar surface area (TPSA) is 84.8 Å². The molecule has 7 heteroatoms. The standard InChI is InChI=1S/C23H23N5O2/c1-30-19-11-6-5-10-18(19)23(12-7-13-23)15-24-22-26-20-17(21(29)27-22)14-25-28(20)16-8-3-2-4-9-16/h2-6,8-11,14H,7,12-13,15H2,1H3,(H2,24,26,27,29). The SMILES string of the molecule is COc1ccccc1C1(CNc2nc3c(cnn3-c3ccccc3)c(=O)[nH]2)CCC1. The molecule has 152 valence electrons. The maximum atomic E-state index is 12.6. The average Bonchev–Trinajstić information content (AvgIpc) is 3.18. The monoisotopic (exact) mass is 401 g/mol. The molecule has 2 N–H and O–H groups in total. The molecule has 2 aromatic carbocycles. The summed E-state index contributed by atoms with van der Waals surface area (Å²) in [4.78, 5) is 20.1. The summed E-state index contributed by atoms with van der Waals surface area (Å²) in [5.41, 5.74) is 2.36. The van der Waals surface area contributed by atoms with Crippen molar-refractivity contribution >= 4 is 17.0 Å². The number of para-hydroxylation sites is 2. The summed E-state index contributed by atoms with van der Waals surface area (Å²) in [6.45, 7) is 0.668. The van der Waals surface area contributed by atoms with E-state index in [2.05, 4.69) is 26.4 Å². The Balaban J connectivity index is 1.48. The number of methoxy groups -OCH3 is 1. The number of anilines is 1. The second-order valence-electron chi connectivity index (χ2n) is 7.73. The van der Waals surface area contributed by atoms with Crippen LogP contribution in [0.3, 0.4) is 0 Å². The number of aromatic amines is 1. The van der Waals surface area contributed by atoms with Gasteiger partial charge in [0.15, 0.2) is 5.65 Å². The van der Waals surface area contributed by atoms with Crippen LogP contribution < -0.4 is 15.6 Å². The van der Waals surface area contributed by atoms with E-state index in [-0.39, 0.29) is 11.0 Å². The zero-order valence-corrected chi connectivity index (χ0v) is 16.8. The Morgan fingerprint density at radius 2 is 1.90 bits per heavy atom. The molecule has 0 bridgehead atoms. The van der Waals surface area contributed by atoms with Crippen molar-refractivity contribution < 1.29 is 4.74 Å². The third kappa shape index (κ3) is 3.03. The van der Waals surface area contributed by atoms with Gasteiger partial charge in [-0.25, -0.2) is 4.68 Å². The number of hydrogen-bond acceptors (Lipinski definition) is 5. The fourth-order valence-electron chi connectivity index (χ4n) is 4.24. The van der Waals surface area contributed by atoms with Crippen LogP contribution in [0, 0.1) is 0 Å². The molecule has 1 aliphatic rings. The van der Waals surface area contributed by atoms with E-state index in [1.165, 1.54) is 12.0 Å². The van der Waals surface area contributed by atoms with Crippen molar-refractivity contribution in [3.63, 3.8) is 0 Å². The highest BCUT2D eigenvalue weighted by atomic mass is 16.5. The first-order valence-electron chi connectivity index (χ1n) is 10.1. The zero-order valence-electron chi connectivity index (χ0n) is 16.8. The molecule has 0 amide bonds. The van der Waals surface area contributed by atoms with Gasteiger partial charge in [-0.05, 0) is 31.0 Å². The van der Waals surface area contributed by atoms with Crippen molar-refractivity contribution in [2.75, 3.05) is 19.0 Å². The molecule has 1 aliphatic carbocycles. The highest BCUT2D eigenvalue weighted by molar-refractivity contribution is 5.76. The molecule has 0 radical (unpaired) electrons. The molecule has 0 spiro atoms. The Labute approximate surface area is 173 Å². The molecule has 1 fully saturated rings. The van der Waals surface area contributed by atoms with E-state index >= 15 is 0 Å². The summed E-state index contributed by atoms with van der Waals surface area (Å²) in [5.74, 6) is 1.35. The van der Waals surface area contributed by atoms with Crippen LogP contribution in [0.25, 0.3) is 16.7 Å². The highest BCUT2D eigenvalue weighted by Gasteiger charge is 2.40. The number of ether oxygens (including phenoxy) is 1. The summed E-state index contributed by atoms with van der Waals surface area (Å²) >= 11 is 0. The van der Waals surface area contributed by atoms with Gasteiger partial charge in [-0.1, -0.05) is 42.8 Å². The van der Waals surface area contributed by atoms with Gasteiger partial charge < -0.3 is 10.1 Å². The average molecular weight is 401 g/mol. The second-order valence-corrected chi connectivity index (χ2v) is 7.73. The summed E-state index contributed by atoms with van der Waals surface area (Å²) < 4.78 is 7.29. The summed E-state index contributed by atoms with van der Waals surface area (Å²) in [6.07, 6.45) is 4.85. The van der Waals surface area contributed by atoms with Crippen LogP contribution in [0.15, 0.2) is 65.6 Å². The van der Waals surface area contributed by atoms with Gasteiger partial charge in [0.05, 0.1) is 19.0 Å². The Bertz CT molecular complexity index is 1240. The van der Waals surface area contributed by atoms with Crippen molar-refractivity contribution in [1.82, 2.24) is 19.7 Å². The van der Waals surface area contributed by atoms with Crippen LogP contribution >= 0.6 is 0 Å². The fourth-order valence-corrected chi connectivity index (χ4v) is 4.24. The van der Waals surface area contributed by atoms with Crippen LogP contribution in [-0.4, -0.2) is 33.4 Å². The van der Waals surface area contributed by atoms with Crippen molar-refractivity contribution in [3.05, 3.63) is 76.7 Å². The van der Waals surface area contributed by atoms with Crippen LogP contribution in [0.1, 0.15) is 24.8 Å². The molecule has 0 aliphatic heterocycles. The molecule has 0 saturated heterocycles. The zero-order chi connectivity index (χ0) is 20.6. The molecular weight excluding hydrogens is 378 g/mol. The third-order valence-corrected chi connectivity index (χ3v) is 6.02. The molecule has 2 aromatic heterocycles. The number of rotatable bonds is 6. The lowest BCUT2D eigenvalue weighted by atomic mass is 9.64. The van der Waals surface area contributed by atoms with E-state index < -0.39 is 0 Å². The van der Waals surface area contributed by atoms with Crippen molar-refractivity contribution in [2.45, 2.75) is 24.7 Å². The summed E-state index contributed by atoms with van der Waals surface area (Å²) in [7, 11) is 1.70. The molecule has 5 rings (SSSR count). The first kappa shape index (κ1) is 18.4. The predicted molar refractivity (Wildman–Crippen MR) is 116 cm³/mol. The molecule has 4 aromatic rings. The minimum absolute atomic E-state index is 0.0280. The van der Waals surface area contributed by atoms with E-state index in [9.17, 15) is 4.79 Å². The first-order chi connectivity index (χ1) is 14.7. The second kappa shape index (κ2) is 7.33. The first-order valence-corrected chi connectivity index (χ1v) is 10.1. The number of benzene rings is 2. The van der Waals surface area contributed by atoms with Gasteiger partial charge in [0.25, 0.3) is 5.56 Å². The highest BCUT2D eigenvalue weighted by Crippen LogP contribution is 2.47. The molecule has 7 nitrogen and oxygen atoms in total. The predicted octanol–water partition coefficient (Wildman–Crippen LogP) is 3.65. The largest absolute Gasteiger partial charge is 0.496 e. The Hall–Kier alpha value is -3.61. The van der Waals surface area contributed by atoms with Crippen LogP contribution in [0.2, 0.25) is 0 Å². The maximum Gasteiger partial charge on any atom is 0.263 e. The number of fused-ring (bicyclic) bond motifs is 1. The quantitative estimate of drug-likeness (QED) is 0.515. The van der Waals surface area contributed by atoms with Crippen LogP contribution in [0.5, 0.6) is 5.75 Å². The molecule has 30 heavy (non-hydrogen) atoms. The number of hydrogen-bond donors (Lipinski definition) is 2. The minimum atomic E-state index is -0.204. The van der Waals surface area contributed by atoms with Gasteiger partial charge in [-0.3, -0.25) is 9.78 Å². The lowest BCUT2D eigenvalue weighted by Crippen LogP contribution is -2.41. The third-order valence-electron chi connectivity index (χ3n) is 6.02. The van der Waals surface area contributed by atoms with Gasteiger partial charge >= 0.3 is 0 Å². The van der Waals surface area contributed by atoms with E-state index in [0.29, 0.717) is 23.5 Å². The van der Waals surface area contributed by atoms with E-state index in [1.54, 1.807) is 18.0 Å². The van der Waals surface area contributed by atoms with Gasteiger partial charge in [0, 0.05) is 17.5 Å². The molecule has 2 heterocycles. The van der Waals surface area contributed by atoms with Crippen molar-refractivity contribution in [1.29, 1.82) is 0 Å². The number of nitrogens with zero attached hydrogens (tertiary/aromatic N) is 3. The molecule has 0 atom stereocenters. The lowest BCUT2D eigenvalue weighted by molar-refractivity contribution is 0.250. The molecular formula is C23H23N5O2. The number of H-pyrrole nitrogens is 1. The van der Waals surface area contributed by atoms with E-state index in [1.807, 2.05) is 48.5 Å². The number of nitrogens with one attached hydrogen (secondary N) is 2. The van der Waals surface area contributed by atoms with Gasteiger partial charge in [-0.2, -0.15) is 10.1 Å². The van der Waals surface area contributed by atoms with Gasteiger partial charge in [0.1, 0.15) is 11.1 Å². The fraction of sp³-hybridized carbons (Fsp3) is 0.261. The Morgan fingerprint density at radius 3 is 2.63 bits per heavy atom. The van der Waals surface area contributed by atoms with E-state index in [0.717, 1.165) is 24.3 Å².